The number of ether oxygens (including phenoxy) is 1. The van der Waals surface area contributed by atoms with Crippen molar-refractivity contribution in [2.24, 2.45) is 17.8 Å². The van der Waals surface area contributed by atoms with Crippen molar-refractivity contribution in [3.8, 4) is 0 Å². The summed E-state index contributed by atoms with van der Waals surface area (Å²) in [6.07, 6.45) is -0.266. The van der Waals surface area contributed by atoms with Gasteiger partial charge in [-0.05, 0) is 66.3 Å². The number of hydrogen-bond donors (Lipinski definition) is 1. The van der Waals surface area contributed by atoms with Gasteiger partial charge in [0.2, 0.25) is 17.7 Å². The Hall–Kier alpha value is -3.68. The zero-order valence-electron chi connectivity index (χ0n) is 23.6. The highest BCUT2D eigenvalue weighted by atomic mass is 35.5. The van der Waals surface area contributed by atoms with Crippen LogP contribution in [0, 0.1) is 17.8 Å². The van der Waals surface area contributed by atoms with Crippen LogP contribution in [-0.4, -0.2) is 40.7 Å². The Morgan fingerprint density at radius 1 is 0.762 bits per heavy atom. The molecule has 3 amide bonds. The number of nitrogens with one attached hydrogen (secondary N) is 1. The monoisotopic (exact) mass is 604 g/mol. The van der Waals surface area contributed by atoms with Crippen LogP contribution >= 0.6 is 23.2 Å². The third-order valence-corrected chi connectivity index (χ3v) is 9.81. The van der Waals surface area contributed by atoms with Crippen molar-refractivity contribution in [2.45, 2.75) is 49.6 Å². The predicted octanol–water partition coefficient (Wildman–Crippen LogP) is 5.81. The molecule has 3 aromatic carbocycles. The third kappa shape index (κ3) is 3.86. The molecule has 0 unspecified atom stereocenters. The zero-order chi connectivity index (χ0) is 30.1. The largest absolute Gasteiger partial charge is 0.459 e. The van der Waals surface area contributed by atoms with Crippen molar-refractivity contribution in [3.05, 3.63) is 101 Å². The molecule has 0 spiro atoms. The first-order valence-corrected chi connectivity index (χ1v) is 14.7. The van der Waals surface area contributed by atoms with Crippen LogP contribution in [0.4, 0.5) is 5.69 Å². The summed E-state index contributed by atoms with van der Waals surface area (Å²) < 4.78 is 5.22. The van der Waals surface area contributed by atoms with Gasteiger partial charge in [-0.1, -0.05) is 62.4 Å². The molecule has 0 radical (unpaired) electrons. The molecular formula is C33H30Cl2N2O5. The maximum absolute atomic E-state index is 14.3. The Morgan fingerprint density at radius 2 is 1.19 bits per heavy atom. The number of imide groups is 1. The van der Waals surface area contributed by atoms with Gasteiger partial charge in [-0.25, -0.2) is 4.79 Å². The second kappa shape index (κ2) is 9.96. The first-order chi connectivity index (χ1) is 19.9. The van der Waals surface area contributed by atoms with Gasteiger partial charge in [0.15, 0.2) is 0 Å². The molecule has 1 N–H and O–H groups in total. The molecule has 2 bridgehead atoms. The van der Waals surface area contributed by atoms with E-state index in [4.69, 9.17) is 27.9 Å². The van der Waals surface area contributed by atoms with Crippen molar-refractivity contribution < 1.29 is 23.9 Å². The summed E-state index contributed by atoms with van der Waals surface area (Å²) in [6.45, 7) is 7.08. The molecule has 3 atom stereocenters. The molecule has 4 aliphatic rings. The van der Waals surface area contributed by atoms with Crippen LogP contribution in [0.3, 0.4) is 0 Å². The standard InChI is InChI=1S/C33H30Cl2N2O5/c1-17(2)27(28(38)36-20-15-13-19(14-16-20)31(41)42-18(3)4)37-29(39)25-26(30(37)40)33(35)22-10-6-5-9-21(22)32(25,34)23-11-7-8-12-24(23)33/h5-18,25-27H,1-4H3,(H,36,38)/t25-,26-,27-,32?,33?/m0/s1. The summed E-state index contributed by atoms with van der Waals surface area (Å²) >= 11 is 15.0. The van der Waals surface area contributed by atoms with Gasteiger partial charge >= 0.3 is 5.97 Å². The van der Waals surface area contributed by atoms with Crippen LogP contribution in [-0.2, 0) is 28.9 Å². The minimum absolute atomic E-state index is 0.266. The average molecular weight is 606 g/mol. The predicted molar refractivity (Wildman–Crippen MR) is 159 cm³/mol. The fourth-order valence-electron chi connectivity index (χ4n) is 6.87. The van der Waals surface area contributed by atoms with Crippen LogP contribution < -0.4 is 5.32 Å². The molecule has 9 heteroatoms. The van der Waals surface area contributed by atoms with Crippen molar-refractivity contribution in [2.75, 3.05) is 5.32 Å². The lowest BCUT2D eigenvalue weighted by atomic mass is 9.54. The van der Waals surface area contributed by atoms with E-state index in [-0.39, 0.29) is 6.10 Å². The Labute approximate surface area is 254 Å². The Bertz CT molecular complexity index is 1510. The van der Waals surface area contributed by atoms with Crippen LogP contribution in [0.2, 0.25) is 0 Å². The summed E-state index contributed by atoms with van der Waals surface area (Å²) in [5.41, 5.74) is 3.55. The first-order valence-electron chi connectivity index (χ1n) is 14.0. The molecule has 1 aliphatic heterocycles. The minimum atomic E-state index is -1.32. The highest BCUT2D eigenvalue weighted by Gasteiger charge is 2.73. The number of alkyl halides is 2. The Kier molecular flexibility index (Phi) is 6.74. The number of rotatable bonds is 6. The van der Waals surface area contributed by atoms with Gasteiger partial charge in [0.25, 0.3) is 0 Å². The molecule has 1 fully saturated rings. The zero-order valence-corrected chi connectivity index (χ0v) is 25.1. The van der Waals surface area contributed by atoms with E-state index in [0.717, 1.165) is 4.90 Å². The molecule has 3 aliphatic carbocycles. The summed E-state index contributed by atoms with van der Waals surface area (Å²) in [7, 11) is 0. The van der Waals surface area contributed by atoms with Gasteiger partial charge in [-0.15, -0.1) is 23.2 Å². The average Bonchev–Trinajstić information content (AvgIpc) is 3.22. The number of halogens is 2. The fraction of sp³-hybridized carbons (Fsp3) is 0.333. The van der Waals surface area contributed by atoms with E-state index in [9.17, 15) is 19.2 Å². The van der Waals surface area contributed by atoms with Gasteiger partial charge < -0.3 is 10.1 Å². The van der Waals surface area contributed by atoms with E-state index in [0.29, 0.717) is 33.5 Å². The quantitative estimate of drug-likeness (QED) is 0.218. The van der Waals surface area contributed by atoms with Gasteiger partial charge in [0, 0.05) is 5.69 Å². The molecule has 1 saturated heterocycles. The second-order valence-electron chi connectivity index (χ2n) is 11.7. The number of nitrogens with zero attached hydrogens (tertiary/aromatic N) is 1. The van der Waals surface area contributed by atoms with Gasteiger partial charge in [0.05, 0.1) is 23.5 Å². The molecule has 7 rings (SSSR count). The Morgan fingerprint density at radius 3 is 1.57 bits per heavy atom. The van der Waals surface area contributed by atoms with E-state index < -0.39 is 57.2 Å². The lowest BCUT2D eigenvalue weighted by Gasteiger charge is -2.54. The fourth-order valence-corrected chi connectivity index (χ4v) is 7.97. The summed E-state index contributed by atoms with van der Waals surface area (Å²) in [5.74, 6) is -4.44. The summed E-state index contributed by atoms with van der Waals surface area (Å²) in [5, 5.41) is 2.82. The first kappa shape index (κ1) is 28.4. The van der Waals surface area contributed by atoms with Crippen LogP contribution in [0.15, 0.2) is 72.8 Å². The van der Waals surface area contributed by atoms with E-state index in [1.165, 1.54) is 0 Å². The smallest absolute Gasteiger partial charge is 0.338 e. The maximum Gasteiger partial charge on any atom is 0.338 e. The van der Waals surface area contributed by atoms with Crippen LogP contribution in [0.1, 0.15) is 60.3 Å². The van der Waals surface area contributed by atoms with E-state index in [2.05, 4.69) is 5.32 Å². The van der Waals surface area contributed by atoms with Crippen molar-refractivity contribution in [1.29, 1.82) is 0 Å². The molecular weight excluding hydrogens is 575 g/mol. The Balaban J connectivity index is 1.36. The topological polar surface area (TPSA) is 92.8 Å². The van der Waals surface area contributed by atoms with Crippen molar-refractivity contribution in [1.82, 2.24) is 4.90 Å². The van der Waals surface area contributed by atoms with E-state index >= 15 is 0 Å². The molecule has 1 heterocycles. The summed E-state index contributed by atoms with van der Waals surface area (Å²) in [4.78, 5) is 53.1. The summed E-state index contributed by atoms with van der Waals surface area (Å²) in [6, 6.07) is 20.0. The van der Waals surface area contributed by atoms with Gasteiger partial charge in [-0.2, -0.15) is 0 Å². The number of benzene rings is 3. The molecule has 42 heavy (non-hydrogen) atoms. The second-order valence-corrected chi connectivity index (χ2v) is 12.9. The van der Waals surface area contributed by atoms with E-state index in [1.807, 2.05) is 48.5 Å². The molecule has 3 aromatic rings. The number of anilines is 1. The van der Waals surface area contributed by atoms with Crippen LogP contribution in [0.5, 0.6) is 0 Å². The SMILES string of the molecule is CC(C)OC(=O)c1ccc(NC(=O)[C@H](C(C)C)N2C(=O)[C@@H]3[C@@H](C2=O)C2(Cl)c4ccccc4C3(Cl)c3ccccc32)cc1. The van der Waals surface area contributed by atoms with Crippen molar-refractivity contribution in [3.63, 3.8) is 0 Å². The number of hydrogen-bond acceptors (Lipinski definition) is 5. The van der Waals surface area contributed by atoms with E-state index in [1.54, 1.807) is 52.0 Å². The molecule has 7 nitrogen and oxygen atoms in total. The lowest BCUT2D eigenvalue weighted by Crippen LogP contribution is -2.57. The third-order valence-electron chi connectivity index (χ3n) is 8.53. The molecule has 216 valence electrons. The highest BCUT2D eigenvalue weighted by molar-refractivity contribution is 6.36. The number of likely N-dealkylation sites (tertiary alicyclic amines) is 1. The normalized spacial score (nSPS) is 26.1. The lowest BCUT2D eigenvalue weighted by molar-refractivity contribution is -0.148. The number of amides is 3. The maximum atomic E-state index is 14.3. The molecule has 0 aromatic heterocycles. The number of carbonyl (C=O) groups is 4. The number of carbonyl (C=O) groups excluding carboxylic acids is 4. The van der Waals surface area contributed by atoms with Crippen LogP contribution in [0.25, 0.3) is 0 Å². The van der Waals surface area contributed by atoms with Crippen molar-refractivity contribution >= 4 is 52.6 Å². The number of esters is 1. The minimum Gasteiger partial charge on any atom is -0.459 e. The van der Waals surface area contributed by atoms with Gasteiger partial charge in [-0.3, -0.25) is 19.3 Å². The highest BCUT2D eigenvalue weighted by Crippen LogP contribution is 2.69. The molecule has 0 saturated carbocycles. The van der Waals surface area contributed by atoms with Gasteiger partial charge in [0.1, 0.15) is 15.8 Å².